The summed E-state index contributed by atoms with van der Waals surface area (Å²) in [6.45, 7) is 5.75. The van der Waals surface area contributed by atoms with Gasteiger partial charge in [0.15, 0.2) is 6.35 Å². The van der Waals surface area contributed by atoms with Crippen molar-refractivity contribution in [1.29, 1.82) is 0 Å². The molecular weight excluding hydrogens is 460 g/mol. The Morgan fingerprint density at radius 3 is 2.55 bits per heavy atom. The molecule has 2 aromatic heterocycles. The van der Waals surface area contributed by atoms with Gasteiger partial charge in [-0.1, -0.05) is 11.6 Å². The van der Waals surface area contributed by atoms with Crippen molar-refractivity contribution in [3.8, 4) is 0 Å². The number of ether oxygens (including phenoxy) is 1. The van der Waals surface area contributed by atoms with Crippen LogP contribution in [0.2, 0.25) is 4.34 Å². The fraction of sp³-hybridized carbons (Fsp3) is 0.652. The summed E-state index contributed by atoms with van der Waals surface area (Å²) in [6, 6.07) is 4.17. The summed E-state index contributed by atoms with van der Waals surface area (Å²) in [5.41, 5.74) is 1.63. The van der Waals surface area contributed by atoms with E-state index in [1.807, 2.05) is 24.1 Å². The van der Waals surface area contributed by atoms with Gasteiger partial charge in [0.2, 0.25) is 5.95 Å². The van der Waals surface area contributed by atoms with Crippen molar-refractivity contribution in [3.63, 3.8) is 0 Å². The first-order valence-electron chi connectivity index (χ1n) is 11.6. The molecule has 0 bridgehead atoms. The lowest BCUT2D eigenvalue weighted by atomic mass is 9.71. The zero-order valence-corrected chi connectivity index (χ0v) is 21.1. The van der Waals surface area contributed by atoms with Crippen LogP contribution in [0.1, 0.15) is 36.3 Å². The van der Waals surface area contributed by atoms with Gasteiger partial charge in [0.1, 0.15) is 0 Å². The van der Waals surface area contributed by atoms with Crippen molar-refractivity contribution < 1.29 is 9.84 Å². The summed E-state index contributed by atoms with van der Waals surface area (Å²) in [5.74, 6) is 0.735. The predicted molar refractivity (Wildman–Crippen MR) is 132 cm³/mol. The minimum Gasteiger partial charge on any atom is -0.378 e. The fourth-order valence-corrected chi connectivity index (χ4v) is 6.97. The number of morpholine rings is 1. The van der Waals surface area contributed by atoms with Crippen LogP contribution in [0.5, 0.6) is 0 Å². The molecule has 2 aromatic rings. The first-order chi connectivity index (χ1) is 15.8. The summed E-state index contributed by atoms with van der Waals surface area (Å²) in [4.78, 5) is 17.2. The highest BCUT2D eigenvalue weighted by atomic mass is 35.5. The minimum atomic E-state index is -0.746. The number of halogens is 1. The van der Waals surface area contributed by atoms with E-state index in [1.54, 1.807) is 11.3 Å². The smallest absolute Gasteiger partial charge is 0.225 e. The third kappa shape index (κ3) is 4.24. The van der Waals surface area contributed by atoms with E-state index >= 15 is 0 Å². The number of hydrogen-bond donors (Lipinski definition) is 2. The van der Waals surface area contributed by atoms with Gasteiger partial charge in [0.25, 0.3) is 0 Å². The Morgan fingerprint density at radius 1 is 1.21 bits per heavy atom. The summed E-state index contributed by atoms with van der Waals surface area (Å²) in [7, 11) is 4.32. The highest BCUT2D eigenvalue weighted by Gasteiger charge is 2.50. The van der Waals surface area contributed by atoms with Crippen LogP contribution < -0.4 is 15.1 Å². The van der Waals surface area contributed by atoms with Crippen LogP contribution >= 0.6 is 22.9 Å². The molecule has 3 aliphatic rings. The topological polar surface area (TPSA) is 77.0 Å². The molecule has 1 atom stereocenters. The second-order valence-electron chi connectivity index (χ2n) is 9.70. The lowest BCUT2D eigenvalue weighted by Gasteiger charge is -2.48. The number of anilines is 2. The van der Waals surface area contributed by atoms with Gasteiger partial charge in [-0.25, -0.2) is 9.97 Å². The minimum absolute atomic E-state index is 0.0120. The van der Waals surface area contributed by atoms with Crippen molar-refractivity contribution in [2.75, 3.05) is 56.7 Å². The van der Waals surface area contributed by atoms with E-state index in [1.165, 1.54) is 4.88 Å². The molecule has 3 fully saturated rings. The normalized spacial score (nSPS) is 30.5. The third-order valence-electron chi connectivity index (χ3n) is 7.67. The Labute approximate surface area is 204 Å². The number of thiophene rings is 1. The number of hydrogen-bond acceptors (Lipinski definition) is 9. The Bertz CT molecular complexity index is 987. The molecule has 1 unspecified atom stereocenters. The van der Waals surface area contributed by atoms with Crippen LogP contribution in [0, 0.1) is 6.92 Å². The van der Waals surface area contributed by atoms with E-state index in [9.17, 15) is 5.11 Å². The molecule has 0 amide bonds. The molecule has 33 heavy (non-hydrogen) atoms. The number of nitrogens with one attached hydrogen (secondary N) is 1. The largest absolute Gasteiger partial charge is 0.378 e. The quantitative estimate of drug-likeness (QED) is 0.674. The van der Waals surface area contributed by atoms with Crippen LogP contribution in [-0.4, -0.2) is 78.8 Å². The molecule has 180 valence electrons. The van der Waals surface area contributed by atoms with Crippen molar-refractivity contribution in [1.82, 2.24) is 20.2 Å². The van der Waals surface area contributed by atoms with Gasteiger partial charge in [0.05, 0.1) is 40.7 Å². The van der Waals surface area contributed by atoms with Gasteiger partial charge >= 0.3 is 0 Å². The molecule has 2 saturated heterocycles. The third-order valence-corrected chi connectivity index (χ3v) is 9.09. The zero-order chi connectivity index (χ0) is 23.2. The Kier molecular flexibility index (Phi) is 6.30. The number of aromatic nitrogens is 2. The average molecular weight is 493 g/mol. The molecule has 1 aliphatic carbocycles. The van der Waals surface area contributed by atoms with Gasteiger partial charge in [-0.05, 0) is 58.8 Å². The van der Waals surface area contributed by atoms with E-state index in [4.69, 9.17) is 21.3 Å². The average Bonchev–Trinajstić information content (AvgIpc) is 3.38. The molecule has 10 heteroatoms. The highest BCUT2D eigenvalue weighted by molar-refractivity contribution is 7.16. The van der Waals surface area contributed by atoms with E-state index in [0.717, 1.165) is 67.0 Å². The summed E-state index contributed by atoms with van der Waals surface area (Å²) < 4.78 is 6.27. The highest BCUT2D eigenvalue weighted by Crippen LogP contribution is 2.49. The number of aliphatic hydroxyl groups is 1. The number of aryl methyl sites for hydroxylation is 1. The van der Waals surface area contributed by atoms with Gasteiger partial charge in [0, 0.05) is 30.1 Å². The molecule has 2 N–H and O–H groups in total. The van der Waals surface area contributed by atoms with Crippen LogP contribution in [0.15, 0.2) is 18.3 Å². The Hall–Kier alpha value is -1.49. The first kappa shape index (κ1) is 23.3. The Morgan fingerprint density at radius 2 is 1.94 bits per heavy atom. The summed E-state index contributed by atoms with van der Waals surface area (Å²) >= 11 is 7.96. The lowest BCUT2D eigenvalue weighted by molar-refractivity contribution is 0.0538. The molecule has 1 spiro atoms. The summed E-state index contributed by atoms with van der Waals surface area (Å²) in [5, 5.41) is 14.5. The maximum Gasteiger partial charge on any atom is 0.225 e. The molecule has 4 heterocycles. The second kappa shape index (κ2) is 8.94. The van der Waals surface area contributed by atoms with Gasteiger partial charge in [-0.2, -0.15) is 0 Å². The molecule has 5 rings (SSSR count). The number of aliphatic hydroxyl groups excluding tert-OH is 1. The van der Waals surface area contributed by atoms with E-state index in [0.29, 0.717) is 13.2 Å². The fourth-order valence-electron chi connectivity index (χ4n) is 5.60. The van der Waals surface area contributed by atoms with Crippen LogP contribution in [0.3, 0.4) is 0 Å². The van der Waals surface area contributed by atoms with Crippen molar-refractivity contribution in [2.24, 2.45) is 0 Å². The second-order valence-corrected chi connectivity index (χ2v) is 11.4. The Balaban J connectivity index is 1.32. The molecule has 0 aromatic carbocycles. The van der Waals surface area contributed by atoms with Crippen molar-refractivity contribution in [3.05, 3.63) is 33.2 Å². The summed E-state index contributed by atoms with van der Waals surface area (Å²) in [6.07, 6.45) is 5.08. The van der Waals surface area contributed by atoms with Crippen LogP contribution in [-0.2, 0) is 10.3 Å². The first-order valence-corrected chi connectivity index (χ1v) is 12.8. The van der Waals surface area contributed by atoms with Crippen LogP contribution in [0.25, 0.3) is 0 Å². The lowest BCUT2D eigenvalue weighted by Crippen LogP contribution is -2.54. The molecule has 8 nitrogen and oxygen atoms in total. The van der Waals surface area contributed by atoms with Gasteiger partial charge in [-0.15, -0.1) is 11.3 Å². The maximum atomic E-state index is 11.0. The monoisotopic (exact) mass is 492 g/mol. The van der Waals surface area contributed by atoms with E-state index in [-0.39, 0.29) is 11.1 Å². The number of nitrogens with zero attached hydrogens (tertiary/aromatic N) is 5. The maximum absolute atomic E-state index is 11.0. The van der Waals surface area contributed by atoms with Crippen LogP contribution in [0.4, 0.5) is 11.6 Å². The predicted octanol–water partition coefficient (Wildman–Crippen LogP) is 2.79. The van der Waals surface area contributed by atoms with Crippen molar-refractivity contribution >= 4 is 34.6 Å². The standard InChI is InChI=1S/C23H33ClN6O2S/c1-16-17(14-25-20(26-16)29-10-12-32-13-11-29)30-15-22(27-21(30)31)6-8-23(9-7-22,28(2)3)18-4-5-19(24)33-18/h4-5,14,21,27,31H,6-13,15H2,1-3H3. The van der Waals surface area contributed by atoms with E-state index in [2.05, 4.69) is 40.3 Å². The van der Waals surface area contributed by atoms with E-state index < -0.39 is 6.35 Å². The molecule has 1 saturated carbocycles. The number of rotatable bonds is 4. The van der Waals surface area contributed by atoms with Crippen molar-refractivity contribution in [2.45, 2.75) is 50.0 Å². The SMILES string of the molecule is Cc1nc(N2CCOCC2)ncc1N1CC2(CCC(c3ccc(Cl)s3)(N(C)C)CC2)NC1O. The molecule has 0 radical (unpaired) electrons. The van der Waals surface area contributed by atoms with Gasteiger partial charge < -0.3 is 19.6 Å². The van der Waals surface area contributed by atoms with Gasteiger partial charge in [-0.3, -0.25) is 10.2 Å². The molecule has 2 aliphatic heterocycles. The zero-order valence-electron chi connectivity index (χ0n) is 19.6. The molecular formula is C23H33ClN6O2S.